The van der Waals surface area contributed by atoms with Crippen LogP contribution in [-0.2, 0) is 7.05 Å². The van der Waals surface area contributed by atoms with Gasteiger partial charge in [0.05, 0.1) is 13.2 Å². The van der Waals surface area contributed by atoms with Crippen molar-refractivity contribution >= 4 is 0 Å². The van der Waals surface area contributed by atoms with Crippen LogP contribution in [0.4, 0.5) is 0 Å². The van der Waals surface area contributed by atoms with Crippen molar-refractivity contribution in [3.63, 3.8) is 0 Å². The molecule has 0 bridgehead atoms. The van der Waals surface area contributed by atoms with Gasteiger partial charge in [-0.2, -0.15) is 4.80 Å². The van der Waals surface area contributed by atoms with Gasteiger partial charge >= 0.3 is 0 Å². The van der Waals surface area contributed by atoms with Crippen molar-refractivity contribution in [2.75, 3.05) is 0 Å². The molecule has 2 N–H and O–H groups in total. The molecular weight excluding hydrogens is 148 g/mol. The standard InChI is InChI=1S/C5H10N4O2/c1-3(10)4(11)5-6-8-9(2)7-5/h3-4,10-11H,1-2H3. The Hall–Kier alpha value is -1.01. The summed E-state index contributed by atoms with van der Waals surface area (Å²) >= 11 is 0. The van der Waals surface area contributed by atoms with Gasteiger partial charge in [0, 0.05) is 0 Å². The average Bonchev–Trinajstić information content (AvgIpc) is 2.34. The van der Waals surface area contributed by atoms with E-state index in [9.17, 15) is 5.11 Å². The lowest BCUT2D eigenvalue weighted by molar-refractivity contribution is 0.0247. The molecule has 0 amide bonds. The molecule has 0 aliphatic rings. The van der Waals surface area contributed by atoms with E-state index in [0.29, 0.717) is 0 Å². The van der Waals surface area contributed by atoms with E-state index >= 15 is 0 Å². The van der Waals surface area contributed by atoms with E-state index in [1.54, 1.807) is 7.05 Å². The lowest BCUT2D eigenvalue weighted by Gasteiger charge is -2.07. The number of aromatic nitrogens is 4. The fourth-order valence-electron chi connectivity index (χ4n) is 0.633. The van der Waals surface area contributed by atoms with Gasteiger partial charge in [0.25, 0.3) is 0 Å². The fraction of sp³-hybridized carbons (Fsp3) is 0.800. The van der Waals surface area contributed by atoms with E-state index in [-0.39, 0.29) is 5.82 Å². The zero-order valence-electron chi connectivity index (χ0n) is 6.34. The summed E-state index contributed by atoms with van der Waals surface area (Å²) in [6.45, 7) is 1.46. The molecule has 11 heavy (non-hydrogen) atoms. The van der Waals surface area contributed by atoms with Crippen LogP contribution in [0.25, 0.3) is 0 Å². The highest BCUT2D eigenvalue weighted by Crippen LogP contribution is 2.09. The molecule has 0 aliphatic heterocycles. The lowest BCUT2D eigenvalue weighted by Crippen LogP contribution is -2.15. The minimum Gasteiger partial charge on any atom is -0.390 e. The summed E-state index contributed by atoms with van der Waals surface area (Å²) in [5.41, 5.74) is 0. The molecule has 0 spiro atoms. The molecule has 6 heteroatoms. The van der Waals surface area contributed by atoms with Crippen LogP contribution in [0.5, 0.6) is 0 Å². The first-order valence-corrected chi connectivity index (χ1v) is 3.21. The smallest absolute Gasteiger partial charge is 0.205 e. The molecule has 1 rings (SSSR count). The Morgan fingerprint density at radius 1 is 1.45 bits per heavy atom. The minimum absolute atomic E-state index is 0.141. The van der Waals surface area contributed by atoms with Gasteiger partial charge in [-0.3, -0.25) is 0 Å². The Labute approximate surface area is 63.5 Å². The second-order valence-electron chi connectivity index (χ2n) is 2.32. The first kappa shape index (κ1) is 8.09. The van der Waals surface area contributed by atoms with Crippen molar-refractivity contribution in [2.24, 2.45) is 7.05 Å². The van der Waals surface area contributed by atoms with E-state index in [2.05, 4.69) is 15.4 Å². The van der Waals surface area contributed by atoms with Crippen LogP contribution < -0.4 is 0 Å². The third-order valence-corrected chi connectivity index (χ3v) is 1.25. The third-order valence-electron chi connectivity index (χ3n) is 1.25. The van der Waals surface area contributed by atoms with Gasteiger partial charge < -0.3 is 10.2 Å². The highest BCUT2D eigenvalue weighted by atomic mass is 16.3. The van der Waals surface area contributed by atoms with Crippen LogP contribution in [0.1, 0.15) is 18.9 Å². The number of nitrogens with zero attached hydrogens (tertiary/aromatic N) is 4. The van der Waals surface area contributed by atoms with E-state index < -0.39 is 12.2 Å². The van der Waals surface area contributed by atoms with Crippen LogP contribution in [0.2, 0.25) is 0 Å². The number of hydrogen-bond acceptors (Lipinski definition) is 5. The molecule has 0 fully saturated rings. The molecule has 0 saturated carbocycles. The van der Waals surface area contributed by atoms with Crippen molar-refractivity contribution in [2.45, 2.75) is 19.1 Å². The largest absolute Gasteiger partial charge is 0.390 e. The molecule has 1 heterocycles. The average molecular weight is 158 g/mol. The van der Waals surface area contributed by atoms with E-state index in [1.807, 2.05) is 0 Å². The maximum absolute atomic E-state index is 9.18. The summed E-state index contributed by atoms with van der Waals surface area (Å²) in [7, 11) is 1.59. The van der Waals surface area contributed by atoms with Crippen molar-refractivity contribution in [3.05, 3.63) is 5.82 Å². The normalized spacial score (nSPS) is 16.4. The monoisotopic (exact) mass is 158 g/mol. The number of aryl methyl sites for hydroxylation is 1. The Kier molecular flexibility index (Phi) is 2.16. The van der Waals surface area contributed by atoms with E-state index in [4.69, 9.17) is 5.11 Å². The van der Waals surface area contributed by atoms with Crippen molar-refractivity contribution in [1.29, 1.82) is 0 Å². The molecule has 0 aliphatic carbocycles. The van der Waals surface area contributed by atoms with Crippen molar-refractivity contribution in [3.8, 4) is 0 Å². The van der Waals surface area contributed by atoms with Gasteiger partial charge in [0.15, 0.2) is 0 Å². The molecular formula is C5H10N4O2. The Balaban J connectivity index is 2.76. The number of hydrogen-bond donors (Lipinski definition) is 2. The van der Waals surface area contributed by atoms with Gasteiger partial charge in [-0.1, -0.05) is 0 Å². The summed E-state index contributed by atoms with van der Waals surface area (Å²) in [5.74, 6) is 0.141. The van der Waals surface area contributed by atoms with Gasteiger partial charge in [0.1, 0.15) is 6.10 Å². The Morgan fingerprint density at radius 3 is 2.45 bits per heavy atom. The van der Waals surface area contributed by atoms with Crippen LogP contribution in [0.15, 0.2) is 0 Å². The zero-order chi connectivity index (χ0) is 8.43. The summed E-state index contributed by atoms with van der Waals surface area (Å²) in [6, 6.07) is 0. The Bertz CT molecular complexity index is 234. The maximum Gasteiger partial charge on any atom is 0.205 e. The molecule has 6 nitrogen and oxygen atoms in total. The van der Waals surface area contributed by atoms with Gasteiger partial charge in [-0.25, -0.2) is 0 Å². The number of aliphatic hydroxyl groups excluding tert-OH is 2. The number of aliphatic hydroxyl groups is 2. The predicted molar refractivity (Wildman–Crippen MR) is 35.4 cm³/mol. The summed E-state index contributed by atoms with van der Waals surface area (Å²) < 4.78 is 0. The van der Waals surface area contributed by atoms with Gasteiger partial charge in [-0.05, 0) is 12.1 Å². The van der Waals surface area contributed by atoms with Gasteiger partial charge in [0.2, 0.25) is 5.82 Å². The summed E-state index contributed by atoms with van der Waals surface area (Å²) in [4.78, 5) is 1.22. The van der Waals surface area contributed by atoms with Crippen LogP contribution in [0, 0.1) is 0 Å². The maximum atomic E-state index is 9.18. The predicted octanol–water partition coefficient (Wildman–Crippen LogP) is -1.38. The molecule has 0 saturated heterocycles. The van der Waals surface area contributed by atoms with E-state index in [0.717, 1.165) is 0 Å². The fourth-order valence-corrected chi connectivity index (χ4v) is 0.633. The highest BCUT2D eigenvalue weighted by Gasteiger charge is 2.18. The van der Waals surface area contributed by atoms with Gasteiger partial charge in [-0.15, -0.1) is 10.2 Å². The van der Waals surface area contributed by atoms with Crippen LogP contribution in [0.3, 0.4) is 0 Å². The lowest BCUT2D eigenvalue weighted by atomic mass is 10.2. The molecule has 2 unspecified atom stereocenters. The highest BCUT2D eigenvalue weighted by molar-refractivity contribution is 4.86. The molecule has 2 atom stereocenters. The molecule has 1 aromatic rings. The second-order valence-corrected chi connectivity index (χ2v) is 2.32. The quantitative estimate of drug-likeness (QED) is 0.554. The zero-order valence-corrected chi connectivity index (χ0v) is 6.34. The Morgan fingerprint density at radius 2 is 2.09 bits per heavy atom. The van der Waals surface area contributed by atoms with E-state index in [1.165, 1.54) is 11.7 Å². The minimum atomic E-state index is -1.05. The molecule has 1 aromatic heterocycles. The first-order chi connectivity index (χ1) is 5.11. The topological polar surface area (TPSA) is 84.1 Å². The van der Waals surface area contributed by atoms with Crippen molar-refractivity contribution in [1.82, 2.24) is 20.2 Å². The summed E-state index contributed by atoms with van der Waals surface area (Å²) in [5, 5.41) is 28.8. The first-order valence-electron chi connectivity index (χ1n) is 3.21. The van der Waals surface area contributed by atoms with Crippen LogP contribution in [-0.4, -0.2) is 36.5 Å². The van der Waals surface area contributed by atoms with Crippen molar-refractivity contribution < 1.29 is 10.2 Å². The SMILES string of the molecule is CC(O)C(O)c1nnn(C)n1. The second kappa shape index (κ2) is 2.93. The molecule has 62 valence electrons. The third kappa shape index (κ3) is 1.72. The number of tetrazole rings is 1. The molecule has 0 aromatic carbocycles. The number of rotatable bonds is 2. The summed E-state index contributed by atoms with van der Waals surface area (Å²) in [6.07, 6.45) is -1.93. The molecule has 0 radical (unpaired) electrons. The van der Waals surface area contributed by atoms with Crippen LogP contribution >= 0.6 is 0 Å².